The molecular formula is C8H13NW. The Hall–Kier alpha value is 0.0983. The summed E-state index contributed by atoms with van der Waals surface area (Å²) in [4.78, 5) is 3.35. The fraction of sp³-hybridized carbons (Fsp3) is 0.625. The second kappa shape index (κ2) is 7.21. The van der Waals surface area contributed by atoms with E-state index in [0.29, 0.717) is 11.6 Å². The first-order chi connectivity index (χ1) is 4.16. The van der Waals surface area contributed by atoms with Gasteiger partial charge in [0, 0.05) is 0 Å². The molecule has 0 spiro atoms. The molecule has 0 radical (unpaired) electrons. The Kier molecular flexibility index (Phi) is 9.19. The zero-order valence-electron chi connectivity index (χ0n) is 6.50. The molecule has 0 saturated carbocycles. The Morgan fingerprint density at radius 1 is 1.50 bits per heavy atom. The van der Waals surface area contributed by atoms with Crippen LogP contribution in [0.3, 0.4) is 0 Å². The Morgan fingerprint density at radius 3 is 2.30 bits per heavy atom. The second-order valence-corrected chi connectivity index (χ2v) is 2.55. The summed E-state index contributed by atoms with van der Waals surface area (Å²) in [5.74, 6) is 0.672. The normalized spacial score (nSPS) is 8.70. The van der Waals surface area contributed by atoms with Gasteiger partial charge in [0.05, 0.1) is 0 Å². The van der Waals surface area contributed by atoms with Gasteiger partial charge in [0.25, 0.3) is 0 Å². The standard InChI is InChI=1S/C8H13N.W/c1-7(2)5-6-8(3)9-4;/h3-4,7H,5-6H2,1-2H3;/q-2;+2. The van der Waals surface area contributed by atoms with Crippen molar-refractivity contribution < 1.29 is 21.1 Å². The van der Waals surface area contributed by atoms with Crippen molar-refractivity contribution >= 4 is 6.72 Å². The quantitative estimate of drug-likeness (QED) is 0.558. The maximum absolute atomic E-state index is 5.35. The van der Waals surface area contributed by atoms with Gasteiger partial charge in [-0.25, -0.2) is 0 Å². The molecule has 0 aromatic carbocycles. The molecule has 0 rings (SSSR count). The molecule has 0 bridgehead atoms. The molecular weight excluding hydrogens is 294 g/mol. The summed E-state index contributed by atoms with van der Waals surface area (Å²) in [5, 5.41) is 0. The van der Waals surface area contributed by atoms with Crippen LogP contribution in [0.1, 0.15) is 26.7 Å². The van der Waals surface area contributed by atoms with Crippen molar-refractivity contribution in [1.29, 1.82) is 0 Å². The fourth-order valence-corrected chi connectivity index (χ4v) is 0.501. The van der Waals surface area contributed by atoms with Crippen LogP contribution in [0.2, 0.25) is 0 Å². The monoisotopic (exact) mass is 307 g/mol. The third-order valence-corrected chi connectivity index (χ3v) is 1.14. The molecule has 1 nitrogen and oxygen atoms in total. The van der Waals surface area contributed by atoms with E-state index >= 15 is 0 Å². The summed E-state index contributed by atoms with van der Waals surface area (Å²) in [7, 11) is 0. The van der Waals surface area contributed by atoms with Gasteiger partial charge in [-0.05, 0) is 5.92 Å². The fourth-order valence-electron chi connectivity index (χ4n) is 0.501. The van der Waals surface area contributed by atoms with E-state index in [1.807, 2.05) is 0 Å². The largest absolute Gasteiger partial charge is 2.00 e. The zero-order valence-corrected chi connectivity index (χ0v) is 9.44. The van der Waals surface area contributed by atoms with Gasteiger partial charge in [-0.3, -0.25) is 0 Å². The predicted octanol–water partition coefficient (Wildman–Crippen LogP) is 2.31. The van der Waals surface area contributed by atoms with Crippen molar-refractivity contribution in [3.05, 3.63) is 12.3 Å². The Morgan fingerprint density at radius 2 is 2.00 bits per heavy atom. The molecule has 0 saturated heterocycles. The Labute approximate surface area is 77.9 Å². The predicted molar refractivity (Wildman–Crippen MR) is 40.4 cm³/mol. The SMILES string of the molecule is [CH-]=NC(=[CH-])CCC(C)C.[W+2]. The van der Waals surface area contributed by atoms with Crippen molar-refractivity contribution in [3.8, 4) is 0 Å². The molecule has 0 aliphatic rings. The van der Waals surface area contributed by atoms with Gasteiger partial charge in [0.15, 0.2) is 0 Å². The second-order valence-electron chi connectivity index (χ2n) is 2.55. The summed E-state index contributed by atoms with van der Waals surface area (Å²) in [5.41, 5.74) is 0.545. The van der Waals surface area contributed by atoms with Crippen molar-refractivity contribution in [2.45, 2.75) is 26.7 Å². The molecule has 56 valence electrons. The summed E-state index contributed by atoms with van der Waals surface area (Å²) in [6, 6.07) is 0. The van der Waals surface area contributed by atoms with Gasteiger partial charge in [-0.1, -0.05) is 20.3 Å². The number of aliphatic imine (C=N–C) groups is 1. The number of allylic oxidation sites excluding steroid dienone is 1. The van der Waals surface area contributed by atoms with Gasteiger partial charge in [-0.2, -0.15) is 6.72 Å². The van der Waals surface area contributed by atoms with Gasteiger partial charge >= 0.3 is 21.1 Å². The minimum Gasteiger partial charge on any atom is -0.597 e. The first kappa shape index (κ1) is 12.7. The third kappa shape index (κ3) is 8.10. The molecule has 0 aliphatic heterocycles. The van der Waals surface area contributed by atoms with Crippen LogP contribution in [0.4, 0.5) is 0 Å². The average Bonchev–Trinajstić information content (AvgIpc) is 1.83. The topological polar surface area (TPSA) is 12.4 Å². The molecule has 0 fully saturated rings. The van der Waals surface area contributed by atoms with E-state index < -0.39 is 0 Å². The number of rotatable bonds is 4. The van der Waals surface area contributed by atoms with Crippen LogP contribution in [0, 0.1) is 12.5 Å². The van der Waals surface area contributed by atoms with Gasteiger partial charge in [-0.15, -0.1) is 6.42 Å². The number of nitrogens with zero attached hydrogens (tertiary/aromatic N) is 1. The molecule has 0 N–H and O–H groups in total. The van der Waals surface area contributed by atoms with Gasteiger partial charge in [0.2, 0.25) is 0 Å². The maximum atomic E-state index is 5.35. The zero-order chi connectivity index (χ0) is 7.28. The first-order valence-corrected chi connectivity index (χ1v) is 3.19. The molecule has 0 aromatic rings. The summed E-state index contributed by atoms with van der Waals surface area (Å²) < 4.78 is 0. The van der Waals surface area contributed by atoms with Crippen LogP contribution < -0.4 is 0 Å². The van der Waals surface area contributed by atoms with E-state index in [-0.39, 0.29) is 21.1 Å². The number of hydrogen-bond acceptors (Lipinski definition) is 1. The molecule has 0 aromatic heterocycles. The van der Waals surface area contributed by atoms with Crippen molar-refractivity contribution in [2.75, 3.05) is 0 Å². The van der Waals surface area contributed by atoms with Gasteiger partial charge < -0.3 is 17.3 Å². The van der Waals surface area contributed by atoms with Crippen LogP contribution in [0.25, 0.3) is 0 Å². The van der Waals surface area contributed by atoms with Crippen LogP contribution in [0.5, 0.6) is 0 Å². The molecule has 0 heterocycles. The molecule has 0 aliphatic carbocycles. The summed E-state index contributed by atoms with van der Waals surface area (Å²) in [6.07, 6.45) is 1.88. The van der Waals surface area contributed by atoms with E-state index in [1.165, 1.54) is 0 Å². The maximum Gasteiger partial charge on any atom is 2.00 e. The first-order valence-electron chi connectivity index (χ1n) is 3.19. The number of hydrogen-bond donors (Lipinski definition) is 0. The van der Waals surface area contributed by atoms with E-state index in [9.17, 15) is 0 Å². The van der Waals surface area contributed by atoms with E-state index in [4.69, 9.17) is 13.3 Å². The molecule has 0 amide bonds. The minimum atomic E-state index is 0. The van der Waals surface area contributed by atoms with E-state index in [2.05, 4.69) is 18.8 Å². The van der Waals surface area contributed by atoms with Crippen LogP contribution in [-0.4, -0.2) is 6.72 Å². The molecule has 10 heavy (non-hydrogen) atoms. The molecule has 2 heteroatoms. The Balaban J connectivity index is 0. The van der Waals surface area contributed by atoms with E-state index in [0.717, 1.165) is 12.8 Å². The van der Waals surface area contributed by atoms with Gasteiger partial charge in [0.1, 0.15) is 0 Å². The third-order valence-electron chi connectivity index (χ3n) is 1.14. The summed E-state index contributed by atoms with van der Waals surface area (Å²) in [6.45, 7) is 14.6. The van der Waals surface area contributed by atoms with Crippen molar-refractivity contribution in [2.24, 2.45) is 10.9 Å². The van der Waals surface area contributed by atoms with Crippen molar-refractivity contribution in [1.82, 2.24) is 0 Å². The van der Waals surface area contributed by atoms with Crippen LogP contribution in [-0.2, 0) is 21.1 Å². The average molecular weight is 307 g/mol. The molecule has 0 unspecified atom stereocenters. The summed E-state index contributed by atoms with van der Waals surface area (Å²) >= 11 is 0. The minimum absolute atomic E-state index is 0. The van der Waals surface area contributed by atoms with Crippen LogP contribution in [0.15, 0.2) is 10.7 Å². The van der Waals surface area contributed by atoms with Crippen LogP contribution >= 0.6 is 0 Å². The van der Waals surface area contributed by atoms with E-state index in [1.54, 1.807) is 0 Å². The smallest absolute Gasteiger partial charge is 0.597 e. The molecule has 0 atom stereocenters. The van der Waals surface area contributed by atoms with Crippen molar-refractivity contribution in [3.63, 3.8) is 0 Å². The Bertz CT molecular complexity index is 108.